The SMILES string of the molecule is O=Cc1ccc2nnc(CC3CCS(=O)(=O)C3)n2c1. The molecule has 0 amide bonds. The van der Waals surface area contributed by atoms with Gasteiger partial charge >= 0.3 is 0 Å². The van der Waals surface area contributed by atoms with E-state index in [0.717, 1.165) is 6.29 Å². The van der Waals surface area contributed by atoms with E-state index in [1.165, 1.54) is 0 Å². The first kappa shape index (κ1) is 12.3. The third-order valence-electron chi connectivity index (χ3n) is 3.43. The van der Waals surface area contributed by atoms with E-state index in [1.54, 1.807) is 22.7 Å². The molecule has 0 saturated carbocycles. The molecule has 1 atom stereocenters. The number of pyridine rings is 1. The number of nitrogens with zero attached hydrogens (tertiary/aromatic N) is 3. The van der Waals surface area contributed by atoms with Gasteiger partial charge in [-0.3, -0.25) is 9.20 Å². The molecule has 0 bridgehead atoms. The number of carbonyl (C=O) groups excluding carboxylic acids is 1. The minimum Gasteiger partial charge on any atom is -0.298 e. The summed E-state index contributed by atoms with van der Waals surface area (Å²) >= 11 is 0. The van der Waals surface area contributed by atoms with Crippen molar-refractivity contribution in [3.05, 3.63) is 29.7 Å². The van der Waals surface area contributed by atoms with Gasteiger partial charge in [-0.1, -0.05) is 0 Å². The Morgan fingerprint density at radius 3 is 2.89 bits per heavy atom. The van der Waals surface area contributed by atoms with E-state index >= 15 is 0 Å². The first-order chi connectivity index (χ1) is 9.07. The molecule has 7 heteroatoms. The quantitative estimate of drug-likeness (QED) is 0.765. The Morgan fingerprint density at radius 2 is 2.21 bits per heavy atom. The molecule has 2 aromatic rings. The number of aromatic nitrogens is 3. The van der Waals surface area contributed by atoms with Crippen LogP contribution in [0.3, 0.4) is 0 Å². The Balaban J connectivity index is 1.91. The molecule has 0 radical (unpaired) electrons. The van der Waals surface area contributed by atoms with Crippen molar-refractivity contribution < 1.29 is 13.2 Å². The maximum Gasteiger partial charge on any atom is 0.160 e. The molecular formula is C12H13N3O3S. The van der Waals surface area contributed by atoms with E-state index in [-0.39, 0.29) is 17.4 Å². The minimum atomic E-state index is -2.88. The van der Waals surface area contributed by atoms with Crippen LogP contribution in [-0.2, 0) is 16.3 Å². The standard InChI is InChI=1S/C12H13N3O3S/c16-7-10-1-2-11-13-14-12(15(11)6-10)5-9-3-4-19(17,18)8-9/h1-2,6-7,9H,3-5,8H2. The van der Waals surface area contributed by atoms with Gasteiger partial charge in [0.15, 0.2) is 21.8 Å². The highest BCUT2D eigenvalue weighted by Gasteiger charge is 2.29. The van der Waals surface area contributed by atoms with Gasteiger partial charge in [-0.05, 0) is 24.5 Å². The van der Waals surface area contributed by atoms with Gasteiger partial charge in [0.25, 0.3) is 0 Å². The Kier molecular flexibility index (Phi) is 2.85. The van der Waals surface area contributed by atoms with E-state index in [1.807, 2.05) is 0 Å². The predicted molar refractivity (Wildman–Crippen MR) is 68.8 cm³/mol. The van der Waals surface area contributed by atoms with Gasteiger partial charge < -0.3 is 0 Å². The van der Waals surface area contributed by atoms with Gasteiger partial charge in [0.1, 0.15) is 5.82 Å². The third-order valence-corrected chi connectivity index (χ3v) is 5.27. The molecule has 0 aromatic carbocycles. The van der Waals surface area contributed by atoms with Crippen molar-refractivity contribution in [1.82, 2.24) is 14.6 Å². The molecule has 2 aromatic heterocycles. The highest BCUT2D eigenvalue weighted by atomic mass is 32.2. The van der Waals surface area contributed by atoms with E-state index < -0.39 is 9.84 Å². The lowest BCUT2D eigenvalue weighted by atomic mass is 10.1. The molecule has 1 unspecified atom stereocenters. The number of sulfone groups is 1. The third kappa shape index (κ3) is 2.37. The van der Waals surface area contributed by atoms with Crippen LogP contribution in [0.5, 0.6) is 0 Å². The monoisotopic (exact) mass is 279 g/mol. The molecule has 0 N–H and O–H groups in total. The summed E-state index contributed by atoms with van der Waals surface area (Å²) in [6, 6.07) is 3.41. The maximum absolute atomic E-state index is 11.4. The Bertz CT molecular complexity index is 736. The number of rotatable bonds is 3. The molecule has 3 rings (SSSR count). The molecule has 1 fully saturated rings. The van der Waals surface area contributed by atoms with Crippen molar-refractivity contribution in [3.63, 3.8) is 0 Å². The van der Waals surface area contributed by atoms with Crippen LogP contribution in [0.2, 0.25) is 0 Å². The molecular weight excluding hydrogens is 266 g/mol. The molecule has 1 saturated heterocycles. The van der Waals surface area contributed by atoms with E-state index in [2.05, 4.69) is 10.2 Å². The van der Waals surface area contributed by atoms with Gasteiger partial charge in [-0.2, -0.15) is 0 Å². The van der Waals surface area contributed by atoms with Crippen LogP contribution in [0, 0.1) is 5.92 Å². The molecule has 0 spiro atoms. The number of hydrogen-bond donors (Lipinski definition) is 0. The molecule has 1 aliphatic rings. The van der Waals surface area contributed by atoms with Crippen molar-refractivity contribution in [2.45, 2.75) is 12.8 Å². The van der Waals surface area contributed by atoms with Crippen LogP contribution < -0.4 is 0 Å². The lowest BCUT2D eigenvalue weighted by molar-refractivity contribution is 0.112. The number of aldehydes is 1. The normalized spacial score (nSPS) is 21.8. The summed E-state index contributed by atoms with van der Waals surface area (Å²) in [4.78, 5) is 10.8. The van der Waals surface area contributed by atoms with E-state index in [9.17, 15) is 13.2 Å². The van der Waals surface area contributed by atoms with Crippen molar-refractivity contribution in [2.24, 2.45) is 5.92 Å². The zero-order chi connectivity index (χ0) is 13.5. The first-order valence-corrected chi connectivity index (χ1v) is 7.89. The predicted octanol–water partition coefficient (Wildman–Crippen LogP) is 0.519. The van der Waals surface area contributed by atoms with E-state index in [0.29, 0.717) is 29.9 Å². The number of fused-ring (bicyclic) bond motifs is 1. The summed E-state index contributed by atoms with van der Waals surface area (Å²) in [6.07, 6.45) is 3.69. The molecule has 6 nitrogen and oxygen atoms in total. The van der Waals surface area contributed by atoms with Gasteiger partial charge in [-0.15, -0.1) is 10.2 Å². The molecule has 1 aliphatic heterocycles. The Morgan fingerprint density at radius 1 is 1.37 bits per heavy atom. The smallest absolute Gasteiger partial charge is 0.160 e. The van der Waals surface area contributed by atoms with Gasteiger partial charge in [-0.25, -0.2) is 8.42 Å². The molecule has 3 heterocycles. The average molecular weight is 279 g/mol. The van der Waals surface area contributed by atoms with Crippen LogP contribution in [0.25, 0.3) is 5.65 Å². The zero-order valence-electron chi connectivity index (χ0n) is 10.2. The van der Waals surface area contributed by atoms with Gasteiger partial charge in [0, 0.05) is 18.2 Å². The summed E-state index contributed by atoms with van der Waals surface area (Å²) in [5.41, 5.74) is 1.22. The fourth-order valence-electron chi connectivity index (χ4n) is 2.45. The van der Waals surface area contributed by atoms with Crippen molar-refractivity contribution >= 4 is 21.8 Å². The van der Waals surface area contributed by atoms with Crippen LogP contribution >= 0.6 is 0 Å². The van der Waals surface area contributed by atoms with E-state index in [4.69, 9.17) is 0 Å². The molecule has 100 valence electrons. The highest BCUT2D eigenvalue weighted by Crippen LogP contribution is 2.22. The van der Waals surface area contributed by atoms with Crippen molar-refractivity contribution in [1.29, 1.82) is 0 Å². The fraction of sp³-hybridized carbons (Fsp3) is 0.417. The lowest BCUT2D eigenvalue weighted by Gasteiger charge is -2.05. The lowest BCUT2D eigenvalue weighted by Crippen LogP contribution is -2.10. The van der Waals surface area contributed by atoms with Crippen LogP contribution in [0.15, 0.2) is 18.3 Å². The fourth-order valence-corrected chi connectivity index (χ4v) is 4.32. The number of hydrogen-bond acceptors (Lipinski definition) is 5. The second-order valence-electron chi connectivity index (χ2n) is 4.90. The van der Waals surface area contributed by atoms with Crippen LogP contribution in [0.1, 0.15) is 22.6 Å². The number of carbonyl (C=O) groups is 1. The van der Waals surface area contributed by atoms with Crippen LogP contribution in [0.4, 0.5) is 0 Å². The highest BCUT2D eigenvalue weighted by molar-refractivity contribution is 7.91. The van der Waals surface area contributed by atoms with Crippen molar-refractivity contribution in [3.8, 4) is 0 Å². The maximum atomic E-state index is 11.4. The summed E-state index contributed by atoms with van der Waals surface area (Å²) < 4.78 is 24.6. The minimum absolute atomic E-state index is 0.0947. The second kappa shape index (κ2) is 4.41. The summed E-state index contributed by atoms with van der Waals surface area (Å²) in [5.74, 6) is 1.28. The van der Waals surface area contributed by atoms with Gasteiger partial charge in [0.2, 0.25) is 0 Å². The average Bonchev–Trinajstić information content (AvgIpc) is 2.93. The largest absolute Gasteiger partial charge is 0.298 e. The summed E-state index contributed by atoms with van der Waals surface area (Å²) in [6.45, 7) is 0. The molecule has 0 aliphatic carbocycles. The second-order valence-corrected chi connectivity index (χ2v) is 7.13. The topological polar surface area (TPSA) is 81.4 Å². The Labute approximate surface area is 110 Å². The zero-order valence-corrected chi connectivity index (χ0v) is 11.0. The van der Waals surface area contributed by atoms with Gasteiger partial charge in [0.05, 0.1) is 11.5 Å². The molecule has 19 heavy (non-hydrogen) atoms. The van der Waals surface area contributed by atoms with Crippen molar-refractivity contribution in [2.75, 3.05) is 11.5 Å². The first-order valence-electron chi connectivity index (χ1n) is 6.07. The van der Waals surface area contributed by atoms with Crippen LogP contribution in [-0.4, -0.2) is 40.8 Å². The summed E-state index contributed by atoms with van der Waals surface area (Å²) in [5, 5.41) is 8.10. The Hall–Kier alpha value is -1.76. The summed E-state index contributed by atoms with van der Waals surface area (Å²) in [7, 11) is -2.88.